The van der Waals surface area contributed by atoms with Gasteiger partial charge in [-0.15, -0.1) is 0 Å². The molecular weight excluding hydrogens is 206 g/mol. The second-order valence-corrected chi connectivity index (χ2v) is 4.46. The number of nitrogens with one attached hydrogen (secondary N) is 1. The molecule has 0 aromatic rings. The molecule has 0 radical (unpaired) electrons. The van der Waals surface area contributed by atoms with Gasteiger partial charge in [-0.1, -0.05) is 6.92 Å². The molecule has 0 aromatic heterocycles. The highest BCUT2D eigenvalue weighted by atomic mass is 16.5. The van der Waals surface area contributed by atoms with Gasteiger partial charge in [-0.05, 0) is 25.7 Å². The first-order valence-corrected chi connectivity index (χ1v) is 6.09. The number of esters is 1. The number of rotatable bonds is 6. The number of carbonyl (C=O) groups is 1. The third-order valence-electron chi connectivity index (χ3n) is 3.18. The van der Waals surface area contributed by atoms with Crippen molar-refractivity contribution in [3.05, 3.63) is 0 Å². The Morgan fingerprint density at radius 1 is 1.62 bits per heavy atom. The number of carbonyl (C=O) groups excluding carboxylic acids is 1. The van der Waals surface area contributed by atoms with Crippen molar-refractivity contribution in [3.63, 3.8) is 0 Å². The zero-order valence-electron chi connectivity index (χ0n) is 10.5. The van der Waals surface area contributed by atoms with Gasteiger partial charge in [0, 0.05) is 19.2 Å². The summed E-state index contributed by atoms with van der Waals surface area (Å²) in [4.78, 5) is 11.1. The van der Waals surface area contributed by atoms with Gasteiger partial charge in [0.15, 0.2) is 0 Å². The molecule has 1 N–H and O–H groups in total. The lowest BCUT2D eigenvalue weighted by Gasteiger charge is -2.20. The molecule has 4 heteroatoms. The Morgan fingerprint density at radius 3 is 3.00 bits per heavy atom. The first kappa shape index (κ1) is 13.5. The summed E-state index contributed by atoms with van der Waals surface area (Å²) in [5.74, 6) is 0.430. The molecule has 4 nitrogen and oxygen atoms in total. The van der Waals surface area contributed by atoms with Gasteiger partial charge in [-0.2, -0.15) is 0 Å². The molecule has 1 aliphatic rings. The Kier molecular flexibility index (Phi) is 5.77. The lowest BCUT2D eigenvalue weighted by atomic mass is 9.99. The molecule has 1 fully saturated rings. The van der Waals surface area contributed by atoms with Crippen molar-refractivity contribution in [1.29, 1.82) is 0 Å². The van der Waals surface area contributed by atoms with Crippen molar-refractivity contribution < 1.29 is 14.3 Å². The fraction of sp³-hybridized carbons (Fsp3) is 0.917. The van der Waals surface area contributed by atoms with Gasteiger partial charge < -0.3 is 14.8 Å². The lowest BCUT2D eigenvalue weighted by molar-refractivity contribution is -0.141. The van der Waals surface area contributed by atoms with Crippen LogP contribution >= 0.6 is 0 Å². The van der Waals surface area contributed by atoms with Gasteiger partial charge in [0.05, 0.1) is 19.6 Å². The summed E-state index contributed by atoms with van der Waals surface area (Å²) >= 11 is 0. The average molecular weight is 229 g/mol. The molecule has 1 saturated heterocycles. The smallest absolute Gasteiger partial charge is 0.307 e. The van der Waals surface area contributed by atoms with Gasteiger partial charge in [-0.3, -0.25) is 4.79 Å². The predicted molar refractivity (Wildman–Crippen MR) is 62.2 cm³/mol. The molecule has 1 aliphatic heterocycles. The summed E-state index contributed by atoms with van der Waals surface area (Å²) in [6.07, 6.45) is 3.01. The van der Waals surface area contributed by atoms with Crippen LogP contribution in [-0.2, 0) is 14.3 Å². The summed E-state index contributed by atoms with van der Waals surface area (Å²) in [6, 6.07) is 0.172. The van der Waals surface area contributed by atoms with E-state index in [1.165, 1.54) is 7.11 Å². The Bertz CT molecular complexity index is 220. The summed E-state index contributed by atoms with van der Waals surface area (Å²) < 4.78 is 10.2. The maximum absolute atomic E-state index is 11.1. The van der Waals surface area contributed by atoms with Crippen LogP contribution < -0.4 is 5.32 Å². The van der Waals surface area contributed by atoms with Crippen LogP contribution in [0.4, 0.5) is 0 Å². The number of ether oxygens (including phenoxy) is 2. The summed E-state index contributed by atoms with van der Waals surface area (Å²) in [6.45, 7) is 5.96. The molecule has 3 atom stereocenters. The SMILES string of the molecule is CCC1OCCC1CNC(C)CC(=O)OC. The fourth-order valence-electron chi connectivity index (χ4n) is 2.14. The van der Waals surface area contributed by atoms with E-state index in [0.717, 1.165) is 26.0 Å². The van der Waals surface area contributed by atoms with Gasteiger partial charge >= 0.3 is 5.97 Å². The summed E-state index contributed by atoms with van der Waals surface area (Å²) in [7, 11) is 1.42. The van der Waals surface area contributed by atoms with Crippen molar-refractivity contribution in [3.8, 4) is 0 Å². The fourth-order valence-corrected chi connectivity index (χ4v) is 2.14. The van der Waals surface area contributed by atoms with Crippen LogP contribution in [0.2, 0.25) is 0 Å². The molecule has 0 saturated carbocycles. The largest absolute Gasteiger partial charge is 0.469 e. The first-order valence-electron chi connectivity index (χ1n) is 6.09. The normalized spacial score (nSPS) is 26.7. The maximum atomic E-state index is 11.1. The van der Waals surface area contributed by atoms with E-state index < -0.39 is 0 Å². The lowest BCUT2D eigenvalue weighted by Crippen LogP contribution is -2.35. The minimum Gasteiger partial charge on any atom is -0.469 e. The van der Waals surface area contributed by atoms with Crippen LogP contribution in [0.1, 0.15) is 33.1 Å². The minimum atomic E-state index is -0.158. The number of hydrogen-bond acceptors (Lipinski definition) is 4. The van der Waals surface area contributed by atoms with Crippen molar-refractivity contribution in [1.82, 2.24) is 5.32 Å². The maximum Gasteiger partial charge on any atom is 0.307 e. The monoisotopic (exact) mass is 229 g/mol. The molecule has 0 bridgehead atoms. The van der Waals surface area contributed by atoms with Gasteiger partial charge in [0.2, 0.25) is 0 Å². The highest BCUT2D eigenvalue weighted by Crippen LogP contribution is 2.22. The quantitative estimate of drug-likeness (QED) is 0.698. The topological polar surface area (TPSA) is 47.6 Å². The highest BCUT2D eigenvalue weighted by Gasteiger charge is 2.26. The number of hydrogen-bond donors (Lipinski definition) is 1. The number of methoxy groups -OCH3 is 1. The van der Waals surface area contributed by atoms with Crippen LogP contribution in [-0.4, -0.2) is 38.4 Å². The molecule has 0 amide bonds. The van der Waals surface area contributed by atoms with E-state index in [2.05, 4.69) is 17.0 Å². The summed E-state index contributed by atoms with van der Waals surface area (Å²) in [5, 5.41) is 3.37. The Hall–Kier alpha value is -0.610. The van der Waals surface area contributed by atoms with Crippen LogP contribution in [0.3, 0.4) is 0 Å². The van der Waals surface area contributed by atoms with E-state index in [0.29, 0.717) is 18.4 Å². The minimum absolute atomic E-state index is 0.158. The van der Waals surface area contributed by atoms with Crippen molar-refractivity contribution in [2.45, 2.75) is 45.3 Å². The summed E-state index contributed by atoms with van der Waals surface area (Å²) in [5.41, 5.74) is 0. The third kappa shape index (κ3) is 4.10. The molecule has 16 heavy (non-hydrogen) atoms. The van der Waals surface area contributed by atoms with Crippen LogP contribution in [0.25, 0.3) is 0 Å². The van der Waals surface area contributed by atoms with Crippen LogP contribution in [0, 0.1) is 5.92 Å². The third-order valence-corrected chi connectivity index (χ3v) is 3.18. The molecular formula is C12H23NO3. The molecule has 0 aromatic carbocycles. The second-order valence-electron chi connectivity index (χ2n) is 4.46. The second kappa shape index (κ2) is 6.86. The van der Waals surface area contributed by atoms with Crippen LogP contribution in [0.5, 0.6) is 0 Å². The van der Waals surface area contributed by atoms with Gasteiger partial charge in [-0.25, -0.2) is 0 Å². The van der Waals surface area contributed by atoms with E-state index in [1.54, 1.807) is 0 Å². The van der Waals surface area contributed by atoms with Crippen LogP contribution in [0.15, 0.2) is 0 Å². The Morgan fingerprint density at radius 2 is 2.38 bits per heavy atom. The molecule has 0 aliphatic carbocycles. The standard InChI is InChI=1S/C12H23NO3/c1-4-11-10(5-6-16-11)8-13-9(2)7-12(14)15-3/h9-11,13H,4-8H2,1-3H3. The van der Waals surface area contributed by atoms with Crippen molar-refractivity contribution >= 4 is 5.97 Å². The first-order chi connectivity index (χ1) is 7.67. The zero-order chi connectivity index (χ0) is 12.0. The van der Waals surface area contributed by atoms with Gasteiger partial charge in [0.25, 0.3) is 0 Å². The molecule has 0 spiro atoms. The van der Waals surface area contributed by atoms with Gasteiger partial charge in [0.1, 0.15) is 0 Å². The van der Waals surface area contributed by atoms with Crippen molar-refractivity contribution in [2.24, 2.45) is 5.92 Å². The Balaban J connectivity index is 2.20. The Labute approximate surface area is 97.7 Å². The molecule has 94 valence electrons. The van der Waals surface area contributed by atoms with Crippen molar-refractivity contribution in [2.75, 3.05) is 20.3 Å². The zero-order valence-corrected chi connectivity index (χ0v) is 10.5. The van der Waals surface area contributed by atoms with E-state index in [9.17, 15) is 4.79 Å². The molecule has 1 rings (SSSR count). The van der Waals surface area contributed by atoms with E-state index in [4.69, 9.17) is 4.74 Å². The highest BCUT2D eigenvalue weighted by molar-refractivity contribution is 5.69. The average Bonchev–Trinajstić information content (AvgIpc) is 2.73. The predicted octanol–water partition coefficient (Wildman–Crippen LogP) is 1.34. The van der Waals surface area contributed by atoms with E-state index in [-0.39, 0.29) is 12.0 Å². The van der Waals surface area contributed by atoms with E-state index in [1.807, 2.05) is 6.92 Å². The molecule has 3 unspecified atom stereocenters. The molecule has 1 heterocycles. The van der Waals surface area contributed by atoms with E-state index >= 15 is 0 Å².